The molecule has 0 aliphatic carbocycles. The number of rotatable bonds is 4. The highest BCUT2D eigenvalue weighted by atomic mass is 32.2. The number of nitrogens with two attached hydrogens (primary N) is 1. The fraction of sp³-hybridized carbons (Fsp3) is 0.231. The lowest BCUT2D eigenvalue weighted by atomic mass is 10.2. The molecule has 1 atom stereocenters. The van der Waals surface area contributed by atoms with E-state index in [0.29, 0.717) is 17.5 Å². The van der Waals surface area contributed by atoms with Crippen molar-refractivity contribution in [2.24, 2.45) is 0 Å². The molecule has 2 aromatic rings. The molecule has 1 aromatic carbocycles. The Morgan fingerprint density at radius 1 is 1.53 bits per heavy atom. The number of benzene rings is 1. The monoisotopic (exact) mass is 277 g/mol. The fourth-order valence-corrected chi connectivity index (χ4v) is 3.29. The van der Waals surface area contributed by atoms with Crippen LogP contribution in [0.15, 0.2) is 29.3 Å². The van der Waals surface area contributed by atoms with Crippen molar-refractivity contribution in [1.82, 2.24) is 9.71 Å². The summed E-state index contributed by atoms with van der Waals surface area (Å²) in [7, 11) is -3.61. The van der Waals surface area contributed by atoms with E-state index in [1.165, 1.54) is 6.20 Å². The second kappa shape index (κ2) is 4.96. The summed E-state index contributed by atoms with van der Waals surface area (Å²) in [5, 5.41) is 0.570. The van der Waals surface area contributed by atoms with Crippen molar-refractivity contribution in [3.05, 3.63) is 24.4 Å². The maximum Gasteiger partial charge on any atom is 0.242 e. The lowest BCUT2D eigenvalue weighted by molar-refractivity contribution is 0.564. The zero-order valence-electron chi connectivity index (χ0n) is 10.5. The molecule has 0 amide bonds. The molecule has 6 heteroatoms. The number of hydrogen-bond donors (Lipinski definition) is 3. The zero-order valence-corrected chi connectivity index (χ0v) is 11.3. The number of anilines is 1. The van der Waals surface area contributed by atoms with Crippen LogP contribution in [-0.2, 0) is 10.0 Å². The molecule has 4 N–H and O–H groups in total. The lowest BCUT2D eigenvalue weighted by Gasteiger charge is -2.10. The molecule has 0 aliphatic heterocycles. The maximum atomic E-state index is 12.3. The van der Waals surface area contributed by atoms with Crippen LogP contribution in [0.25, 0.3) is 10.9 Å². The third-order valence-corrected chi connectivity index (χ3v) is 4.37. The maximum absolute atomic E-state index is 12.3. The molecule has 1 unspecified atom stereocenters. The summed E-state index contributed by atoms with van der Waals surface area (Å²) < 4.78 is 27.1. The highest BCUT2D eigenvalue weighted by molar-refractivity contribution is 7.89. The molecule has 0 bridgehead atoms. The van der Waals surface area contributed by atoms with Crippen molar-refractivity contribution in [3.8, 4) is 12.3 Å². The molecule has 0 aliphatic rings. The van der Waals surface area contributed by atoms with Gasteiger partial charge in [0.15, 0.2) is 0 Å². The minimum atomic E-state index is -3.61. The number of nitrogens with one attached hydrogen (secondary N) is 2. The highest BCUT2D eigenvalue weighted by Gasteiger charge is 2.20. The Morgan fingerprint density at radius 2 is 2.26 bits per heavy atom. The molecular weight excluding hydrogens is 262 g/mol. The molecule has 1 aromatic heterocycles. The minimum absolute atomic E-state index is 0.179. The van der Waals surface area contributed by atoms with E-state index in [0.717, 1.165) is 5.52 Å². The largest absolute Gasteiger partial charge is 0.399 e. The Morgan fingerprint density at radius 3 is 2.95 bits per heavy atom. The SMILES string of the molecule is C#CCC(C)NS(=O)(=O)c1c[nH]c2ccc(N)cc12. The van der Waals surface area contributed by atoms with Crippen molar-refractivity contribution >= 4 is 26.6 Å². The average Bonchev–Trinajstić information content (AvgIpc) is 2.71. The summed E-state index contributed by atoms with van der Waals surface area (Å²) in [6.45, 7) is 1.72. The van der Waals surface area contributed by atoms with E-state index in [4.69, 9.17) is 12.2 Å². The molecular formula is C13H15N3O2S. The summed E-state index contributed by atoms with van der Waals surface area (Å²) >= 11 is 0. The lowest BCUT2D eigenvalue weighted by Crippen LogP contribution is -2.32. The van der Waals surface area contributed by atoms with Crippen molar-refractivity contribution in [2.45, 2.75) is 24.3 Å². The third-order valence-electron chi connectivity index (χ3n) is 2.74. The van der Waals surface area contributed by atoms with Gasteiger partial charge in [0.25, 0.3) is 0 Å². The first-order valence-corrected chi connectivity index (χ1v) is 7.25. The summed E-state index contributed by atoms with van der Waals surface area (Å²) in [5.74, 6) is 2.43. The quantitative estimate of drug-likeness (QED) is 0.583. The van der Waals surface area contributed by atoms with E-state index in [-0.39, 0.29) is 10.9 Å². The van der Waals surface area contributed by atoms with Gasteiger partial charge in [-0.25, -0.2) is 13.1 Å². The molecule has 0 radical (unpaired) electrons. The van der Waals surface area contributed by atoms with Gasteiger partial charge in [-0.3, -0.25) is 0 Å². The van der Waals surface area contributed by atoms with E-state index in [9.17, 15) is 8.42 Å². The molecule has 0 saturated heterocycles. The van der Waals surface area contributed by atoms with Gasteiger partial charge in [0.05, 0.1) is 0 Å². The van der Waals surface area contributed by atoms with Gasteiger partial charge in [0.2, 0.25) is 10.0 Å². The van der Waals surface area contributed by atoms with Gasteiger partial charge < -0.3 is 10.7 Å². The number of hydrogen-bond acceptors (Lipinski definition) is 3. The molecule has 0 fully saturated rings. The van der Waals surface area contributed by atoms with Gasteiger partial charge in [-0.05, 0) is 25.1 Å². The van der Waals surface area contributed by atoms with E-state index in [1.807, 2.05) is 0 Å². The topological polar surface area (TPSA) is 88.0 Å². The second-order valence-electron chi connectivity index (χ2n) is 4.39. The molecule has 0 spiro atoms. The first-order chi connectivity index (χ1) is 8.94. The van der Waals surface area contributed by atoms with E-state index in [2.05, 4.69) is 15.6 Å². The summed E-state index contributed by atoms with van der Waals surface area (Å²) in [4.78, 5) is 3.09. The summed E-state index contributed by atoms with van der Waals surface area (Å²) in [6.07, 6.45) is 6.96. The molecule has 1 heterocycles. The van der Waals surface area contributed by atoms with Gasteiger partial charge in [-0.15, -0.1) is 12.3 Å². The Labute approximate surface area is 112 Å². The number of aromatic amines is 1. The standard InChI is InChI=1S/C13H15N3O2S/c1-3-4-9(2)16-19(17,18)13-8-15-12-6-5-10(14)7-11(12)13/h1,5-9,15-16H,4,14H2,2H3. The van der Waals surface area contributed by atoms with Crippen LogP contribution in [0.5, 0.6) is 0 Å². The zero-order chi connectivity index (χ0) is 14.0. The molecule has 100 valence electrons. The Hall–Kier alpha value is -1.97. The van der Waals surface area contributed by atoms with E-state index in [1.54, 1.807) is 25.1 Å². The van der Waals surface area contributed by atoms with Crippen LogP contribution in [0.4, 0.5) is 5.69 Å². The number of nitrogen functional groups attached to an aromatic ring is 1. The van der Waals surface area contributed by atoms with Gasteiger partial charge >= 0.3 is 0 Å². The van der Waals surface area contributed by atoms with Gasteiger partial charge in [-0.2, -0.15) is 0 Å². The number of sulfonamides is 1. The molecule has 0 saturated carbocycles. The van der Waals surface area contributed by atoms with Crippen LogP contribution in [0.3, 0.4) is 0 Å². The predicted molar refractivity (Wildman–Crippen MR) is 75.9 cm³/mol. The smallest absolute Gasteiger partial charge is 0.242 e. The molecule has 2 rings (SSSR count). The normalized spacial score (nSPS) is 13.3. The highest BCUT2D eigenvalue weighted by Crippen LogP contribution is 2.24. The van der Waals surface area contributed by atoms with Crippen molar-refractivity contribution in [2.75, 3.05) is 5.73 Å². The van der Waals surface area contributed by atoms with Gasteiger partial charge in [0.1, 0.15) is 4.90 Å². The van der Waals surface area contributed by atoms with E-state index < -0.39 is 10.0 Å². The second-order valence-corrected chi connectivity index (χ2v) is 6.07. The Bertz CT molecular complexity index is 741. The first kappa shape index (κ1) is 13.5. The Kier molecular flexibility index (Phi) is 3.51. The van der Waals surface area contributed by atoms with Gasteiger partial charge in [-0.1, -0.05) is 0 Å². The van der Waals surface area contributed by atoms with Crippen LogP contribution < -0.4 is 10.5 Å². The third kappa shape index (κ3) is 2.72. The number of terminal acetylenes is 1. The molecule has 5 nitrogen and oxygen atoms in total. The van der Waals surface area contributed by atoms with Crippen LogP contribution in [0, 0.1) is 12.3 Å². The van der Waals surface area contributed by atoms with Crippen molar-refractivity contribution in [3.63, 3.8) is 0 Å². The number of aromatic nitrogens is 1. The van der Waals surface area contributed by atoms with Crippen LogP contribution in [0.1, 0.15) is 13.3 Å². The van der Waals surface area contributed by atoms with Crippen molar-refractivity contribution in [1.29, 1.82) is 0 Å². The minimum Gasteiger partial charge on any atom is -0.399 e. The summed E-state index contributed by atoms with van der Waals surface area (Å²) in [6, 6.07) is 4.77. The van der Waals surface area contributed by atoms with Gasteiger partial charge in [0, 0.05) is 35.2 Å². The summed E-state index contributed by atoms with van der Waals surface area (Å²) in [5.41, 5.74) is 6.92. The van der Waals surface area contributed by atoms with Crippen LogP contribution in [-0.4, -0.2) is 19.4 Å². The van der Waals surface area contributed by atoms with Crippen LogP contribution in [0.2, 0.25) is 0 Å². The number of fused-ring (bicyclic) bond motifs is 1. The Balaban J connectivity index is 2.44. The fourth-order valence-electron chi connectivity index (χ4n) is 1.88. The first-order valence-electron chi connectivity index (χ1n) is 5.76. The predicted octanol–water partition coefficient (Wildman–Crippen LogP) is 1.44. The van der Waals surface area contributed by atoms with Crippen molar-refractivity contribution < 1.29 is 8.42 Å². The van der Waals surface area contributed by atoms with E-state index >= 15 is 0 Å². The average molecular weight is 277 g/mol. The van der Waals surface area contributed by atoms with Crippen LogP contribution >= 0.6 is 0 Å². The number of H-pyrrole nitrogens is 1. The molecule has 19 heavy (non-hydrogen) atoms.